The third-order valence-corrected chi connectivity index (χ3v) is 6.47. The number of nitrogens with zero attached hydrogens (tertiary/aromatic N) is 3. The number of nitriles is 1. The van der Waals surface area contributed by atoms with Crippen molar-refractivity contribution in [1.29, 1.82) is 5.26 Å². The van der Waals surface area contributed by atoms with Crippen LogP contribution in [0.1, 0.15) is 46.1 Å². The van der Waals surface area contributed by atoms with Gasteiger partial charge in [-0.2, -0.15) is 5.26 Å². The van der Waals surface area contributed by atoms with Gasteiger partial charge >= 0.3 is 5.97 Å². The predicted molar refractivity (Wildman–Crippen MR) is 117 cm³/mol. The lowest BCUT2D eigenvalue weighted by Crippen LogP contribution is -2.55. The molecule has 3 rings (SSSR count). The van der Waals surface area contributed by atoms with E-state index in [1.807, 2.05) is 4.72 Å². The minimum atomic E-state index is -4.08. The van der Waals surface area contributed by atoms with Crippen molar-refractivity contribution in [3.05, 3.63) is 58.0 Å². The lowest BCUT2D eigenvalue weighted by atomic mass is 9.98. The van der Waals surface area contributed by atoms with Crippen molar-refractivity contribution in [3.8, 4) is 6.07 Å². The topological polar surface area (TPSA) is 129 Å². The Morgan fingerprint density at radius 2 is 2.00 bits per heavy atom. The lowest BCUT2D eigenvalue weighted by molar-refractivity contribution is -0.123. The van der Waals surface area contributed by atoms with Crippen LogP contribution in [0.2, 0.25) is 0 Å². The molecule has 0 aliphatic carbocycles. The molecule has 2 aromatic rings. The number of benzene rings is 1. The number of rotatable bonds is 8. The number of aryl methyl sites for hydroxylation is 1. The molecule has 1 fully saturated rings. The number of hydrogen-bond donors (Lipinski definition) is 1. The van der Waals surface area contributed by atoms with E-state index < -0.39 is 57.1 Å². The first-order valence-corrected chi connectivity index (χ1v) is 12.1. The molecule has 1 aliphatic heterocycles. The minimum Gasteiger partial charge on any atom is -0.462 e. The Bertz CT molecular complexity index is 1300. The number of sulfonamides is 1. The highest BCUT2D eigenvalue weighted by molar-refractivity contribution is 7.89. The van der Waals surface area contributed by atoms with E-state index in [4.69, 9.17) is 4.74 Å². The molecule has 0 spiro atoms. The Morgan fingerprint density at radius 1 is 1.31 bits per heavy atom. The van der Waals surface area contributed by atoms with Crippen molar-refractivity contribution in [2.75, 3.05) is 24.6 Å². The van der Waals surface area contributed by atoms with E-state index in [1.54, 1.807) is 6.07 Å². The molecule has 1 aromatic carbocycles. The summed E-state index contributed by atoms with van der Waals surface area (Å²) in [6.07, 6.45) is -3.12. The monoisotopic (exact) mass is 510 g/mol. The Hall–Kier alpha value is -3.66. The lowest BCUT2D eigenvalue weighted by Gasteiger charge is -2.39. The highest BCUT2D eigenvalue weighted by Gasteiger charge is 2.37. The maximum atomic E-state index is 13.5. The first kappa shape index (κ1) is 26.0. The molecule has 2 heterocycles. The van der Waals surface area contributed by atoms with E-state index in [-0.39, 0.29) is 36.6 Å². The molecule has 0 unspecified atom stereocenters. The Balaban J connectivity index is 1.71. The summed E-state index contributed by atoms with van der Waals surface area (Å²) in [7, 11) is -4.08. The van der Waals surface area contributed by atoms with Crippen molar-refractivity contribution >= 4 is 27.7 Å². The summed E-state index contributed by atoms with van der Waals surface area (Å²) in [5.41, 5.74) is -1.00. The zero-order valence-electron chi connectivity index (χ0n) is 18.7. The number of amides is 1. The number of alkyl halides is 2. The quantitative estimate of drug-likeness (QED) is 0.537. The van der Waals surface area contributed by atoms with Crippen LogP contribution in [-0.4, -0.2) is 45.0 Å². The minimum absolute atomic E-state index is 0.0578. The van der Waals surface area contributed by atoms with Gasteiger partial charge in [0.05, 0.1) is 29.4 Å². The van der Waals surface area contributed by atoms with Crippen molar-refractivity contribution < 1.29 is 35.9 Å². The molecule has 1 aliphatic rings. The smallest absolute Gasteiger partial charge is 0.340 e. The molecule has 186 valence electrons. The molecule has 13 heteroatoms. The van der Waals surface area contributed by atoms with Gasteiger partial charge in [-0.25, -0.2) is 31.4 Å². The van der Waals surface area contributed by atoms with Crippen molar-refractivity contribution in [2.45, 2.75) is 26.0 Å². The average Bonchev–Trinajstić information content (AvgIpc) is 2.74. The number of pyridine rings is 1. The van der Waals surface area contributed by atoms with Crippen LogP contribution in [0.5, 0.6) is 0 Å². The molecule has 1 saturated heterocycles. The van der Waals surface area contributed by atoms with E-state index in [9.17, 15) is 36.4 Å². The summed E-state index contributed by atoms with van der Waals surface area (Å²) in [6.45, 7) is 2.76. The van der Waals surface area contributed by atoms with Crippen LogP contribution in [0.15, 0.2) is 24.3 Å². The fourth-order valence-corrected chi connectivity index (χ4v) is 4.65. The third kappa shape index (κ3) is 5.89. The Labute approximate surface area is 199 Å². The summed E-state index contributed by atoms with van der Waals surface area (Å²) in [6, 6.07) is 6.54. The molecule has 35 heavy (non-hydrogen) atoms. The summed E-state index contributed by atoms with van der Waals surface area (Å²) >= 11 is 0. The standard InChI is InChI=1S/C22H21F3N4O5S/c1-3-34-22(31)16-7-14(8-26)20(27-18(16)19(24)25)29-9-15(10-29)21(30)28-35(32,33)11-13-4-5-17(23)12(2)6-13/h4-7,15,19H,3,9-11H2,1-2H3,(H,28,30). The van der Waals surface area contributed by atoms with E-state index in [2.05, 4.69) is 4.98 Å². The molecular formula is C22H21F3N4O5S. The third-order valence-electron chi connectivity index (χ3n) is 5.24. The van der Waals surface area contributed by atoms with Crippen LogP contribution in [0.4, 0.5) is 19.0 Å². The number of anilines is 1. The summed E-state index contributed by atoms with van der Waals surface area (Å²) < 4.78 is 71.8. The maximum absolute atomic E-state index is 13.5. The molecular weight excluding hydrogens is 489 g/mol. The van der Waals surface area contributed by atoms with Gasteiger partial charge in [-0.15, -0.1) is 0 Å². The van der Waals surface area contributed by atoms with Gasteiger partial charge < -0.3 is 9.64 Å². The van der Waals surface area contributed by atoms with E-state index >= 15 is 0 Å². The SMILES string of the molecule is CCOC(=O)c1cc(C#N)c(N2CC(C(=O)NS(=O)(=O)Cc3ccc(F)c(C)c3)C2)nc1C(F)F. The van der Waals surface area contributed by atoms with Gasteiger partial charge in [0.25, 0.3) is 6.43 Å². The highest BCUT2D eigenvalue weighted by Crippen LogP contribution is 2.31. The molecule has 1 amide bonds. The molecule has 0 radical (unpaired) electrons. The number of aromatic nitrogens is 1. The molecule has 0 bridgehead atoms. The summed E-state index contributed by atoms with van der Waals surface area (Å²) in [5.74, 6) is -3.84. The van der Waals surface area contributed by atoms with Gasteiger partial charge in [0.15, 0.2) is 0 Å². The fourth-order valence-electron chi connectivity index (χ4n) is 3.49. The Kier molecular flexibility index (Phi) is 7.64. The molecule has 0 saturated carbocycles. The Morgan fingerprint density at radius 3 is 2.57 bits per heavy atom. The molecule has 1 aromatic heterocycles. The van der Waals surface area contributed by atoms with Crippen LogP contribution < -0.4 is 9.62 Å². The number of hydrogen-bond acceptors (Lipinski definition) is 8. The molecule has 1 N–H and O–H groups in total. The zero-order chi connectivity index (χ0) is 25.9. The van der Waals surface area contributed by atoms with E-state index in [0.717, 1.165) is 12.1 Å². The summed E-state index contributed by atoms with van der Waals surface area (Å²) in [5, 5.41) is 9.42. The summed E-state index contributed by atoms with van der Waals surface area (Å²) in [4.78, 5) is 29.6. The van der Waals surface area contributed by atoms with Crippen LogP contribution in [-0.2, 0) is 25.3 Å². The first-order valence-electron chi connectivity index (χ1n) is 10.4. The van der Waals surface area contributed by atoms with Crippen LogP contribution in [0.25, 0.3) is 0 Å². The second kappa shape index (κ2) is 10.3. The van der Waals surface area contributed by atoms with Crippen molar-refractivity contribution in [2.24, 2.45) is 5.92 Å². The predicted octanol–water partition coefficient (Wildman–Crippen LogP) is 2.60. The number of carbonyl (C=O) groups is 2. The van der Waals surface area contributed by atoms with Crippen LogP contribution in [0, 0.1) is 30.0 Å². The van der Waals surface area contributed by atoms with Gasteiger partial charge in [-0.3, -0.25) is 9.52 Å². The fraction of sp³-hybridized carbons (Fsp3) is 0.364. The normalized spacial score (nSPS) is 13.8. The van der Waals surface area contributed by atoms with Crippen molar-refractivity contribution in [1.82, 2.24) is 9.71 Å². The first-order chi connectivity index (χ1) is 16.5. The number of esters is 1. The van der Waals surface area contributed by atoms with E-state index in [1.165, 1.54) is 30.9 Å². The second-order valence-corrected chi connectivity index (χ2v) is 9.56. The van der Waals surface area contributed by atoms with Gasteiger partial charge in [-0.1, -0.05) is 12.1 Å². The largest absolute Gasteiger partial charge is 0.462 e. The maximum Gasteiger partial charge on any atom is 0.340 e. The highest BCUT2D eigenvalue weighted by atomic mass is 32.2. The average molecular weight is 510 g/mol. The number of nitrogens with one attached hydrogen (secondary N) is 1. The second-order valence-electron chi connectivity index (χ2n) is 7.84. The van der Waals surface area contributed by atoms with Gasteiger partial charge in [0.1, 0.15) is 23.4 Å². The number of carbonyl (C=O) groups excluding carboxylic acids is 2. The van der Waals surface area contributed by atoms with Crippen LogP contribution >= 0.6 is 0 Å². The van der Waals surface area contributed by atoms with Gasteiger partial charge in [-0.05, 0) is 37.1 Å². The van der Waals surface area contributed by atoms with Crippen LogP contribution in [0.3, 0.4) is 0 Å². The van der Waals surface area contributed by atoms with E-state index in [0.29, 0.717) is 5.56 Å². The zero-order valence-corrected chi connectivity index (χ0v) is 19.5. The van der Waals surface area contributed by atoms with Crippen molar-refractivity contribution in [3.63, 3.8) is 0 Å². The van der Waals surface area contributed by atoms with Gasteiger partial charge in [0.2, 0.25) is 15.9 Å². The molecule has 0 atom stereocenters. The number of ether oxygens (including phenoxy) is 1. The number of halogens is 3. The molecule has 9 nitrogen and oxygen atoms in total. The van der Waals surface area contributed by atoms with Gasteiger partial charge in [0, 0.05) is 13.1 Å².